The molecule has 3 aromatic carbocycles. The van der Waals surface area contributed by atoms with Crippen molar-refractivity contribution in [1.29, 1.82) is 0 Å². The fraction of sp³-hybridized carbons (Fsp3) is 0.100. The second-order valence-corrected chi connectivity index (χ2v) is 10.0. The van der Waals surface area contributed by atoms with Gasteiger partial charge >= 0.3 is 21.2 Å². The van der Waals surface area contributed by atoms with Crippen molar-refractivity contribution < 1.29 is 38.6 Å². The summed E-state index contributed by atoms with van der Waals surface area (Å²) in [5.41, 5.74) is 2.68. The summed E-state index contributed by atoms with van der Waals surface area (Å²) < 4.78 is 46.0. The number of hydrogen-bond acceptors (Lipinski definition) is 3. The van der Waals surface area contributed by atoms with Gasteiger partial charge in [-0.15, -0.1) is 0 Å². The van der Waals surface area contributed by atoms with Crippen molar-refractivity contribution in [3.8, 4) is 0 Å². The van der Waals surface area contributed by atoms with Crippen LogP contribution in [0.1, 0.15) is 11.1 Å². The predicted molar refractivity (Wildman–Crippen MR) is 94.1 cm³/mol. The van der Waals surface area contributed by atoms with Gasteiger partial charge in [-0.2, -0.15) is 0 Å². The van der Waals surface area contributed by atoms with Crippen LogP contribution in [-0.4, -0.2) is 13.0 Å². The normalized spacial score (nSPS) is 10.8. The van der Waals surface area contributed by atoms with Crippen molar-refractivity contribution in [3.63, 3.8) is 0 Å². The van der Waals surface area contributed by atoms with E-state index in [1.807, 2.05) is 0 Å². The van der Waals surface area contributed by atoms with Crippen molar-refractivity contribution in [2.75, 3.05) is 0 Å². The van der Waals surface area contributed by atoms with E-state index in [2.05, 4.69) is 62.4 Å². The predicted octanol–water partition coefficient (Wildman–Crippen LogP) is 1.16. The molecular formula is C20H18FIO3S. The van der Waals surface area contributed by atoms with Crippen LogP contribution in [0.2, 0.25) is 0 Å². The summed E-state index contributed by atoms with van der Waals surface area (Å²) in [5.74, 6) is -0.572. The molecule has 6 heteroatoms. The number of aryl methyl sites for hydroxylation is 2. The van der Waals surface area contributed by atoms with Crippen LogP contribution in [0.15, 0.2) is 77.7 Å². The summed E-state index contributed by atoms with van der Waals surface area (Å²) >= 11 is 0.00313. The van der Waals surface area contributed by atoms with Crippen LogP contribution in [0.4, 0.5) is 4.39 Å². The van der Waals surface area contributed by atoms with E-state index in [-0.39, 0.29) is 21.2 Å². The molecule has 0 saturated carbocycles. The van der Waals surface area contributed by atoms with Crippen molar-refractivity contribution in [2.45, 2.75) is 18.7 Å². The Labute approximate surface area is 163 Å². The van der Waals surface area contributed by atoms with Crippen molar-refractivity contribution >= 4 is 10.1 Å². The molecule has 0 N–H and O–H groups in total. The highest BCUT2D eigenvalue weighted by atomic mass is 127. The first-order valence-electron chi connectivity index (χ1n) is 7.74. The molecule has 26 heavy (non-hydrogen) atoms. The topological polar surface area (TPSA) is 57.2 Å². The molecule has 0 aliphatic rings. The van der Waals surface area contributed by atoms with Crippen LogP contribution in [-0.2, 0) is 10.1 Å². The maximum atomic E-state index is 12.2. The van der Waals surface area contributed by atoms with Crippen LogP contribution in [0, 0.1) is 26.8 Å². The minimum absolute atomic E-state index is 0.00313. The molecule has 3 rings (SSSR count). The lowest BCUT2D eigenvalue weighted by atomic mass is 10.2. The Morgan fingerprint density at radius 3 is 1.46 bits per heavy atom. The molecule has 136 valence electrons. The third kappa shape index (κ3) is 6.86. The van der Waals surface area contributed by atoms with Gasteiger partial charge in [0.05, 0.1) is 4.90 Å². The SMILES string of the molecule is Cc1ccc([I+]c2ccc(C)cc2)cc1.O=S(=O)([O-])c1ccc(F)cc1. The summed E-state index contributed by atoms with van der Waals surface area (Å²) in [6.07, 6.45) is 0. The number of rotatable bonds is 3. The molecule has 0 radical (unpaired) electrons. The van der Waals surface area contributed by atoms with Gasteiger partial charge in [-0.3, -0.25) is 0 Å². The molecule has 0 aliphatic heterocycles. The van der Waals surface area contributed by atoms with Crippen molar-refractivity contribution in [1.82, 2.24) is 0 Å². The van der Waals surface area contributed by atoms with E-state index < -0.39 is 20.8 Å². The van der Waals surface area contributed by atoms with Crippen molar-refractivity contribution in [3.05, 3.63) is 96.9 Å². The van der Waals surface area contributed by atoms with Crippen molar-refractivity contribution in [2.24, 2.45) is 0 Å². The number of hydrogen-bond donors (Lipinski definition) is 0. The summed E-state index contributed by atoms with van der Waals surface area (Å²) in [6.45, 7) is 4.27. The third-order valence-corrected chi connectivity index (χ3v) is 6.88. The molecule has 0 fully saturated rings. The third-order valence-electron chi connectivity index (χ3n) is 3.34. The van der Waals surface area contributed by atoms with E-state index >= 15 is 0 Å². The quantitative estimate of drug-likeness (QED) is 0.415. The van der Waals surface area contributed by atoms with Crippen LogP contribution >= 0.6 is 0 Å². The molecule has 3 nitrogen and oxygen atoms in total. The summed E-state index contributed by atoms with van der Waals surface area (Å²) in [6, 6.07) is 21.5. The zero-order valence-corrected chi connectivity index (χ0v) is 17.3. The zero-order chi connectivity index (χ0) is 19.2. The molecule has 0 saturated heterocycles. The summed E-state index contributed by atoms with van der Waals surface area (Å²) in [7, 11) is -4.44. The maximum Gasteiger partial charge on any atom is 0.357 e. The zero-order valence-electron chi connectivity index (χ0n) is 14.3. The van der Waals surface area contributed by atoms with E-state index in [1.54, 1.807) is 0 Å². The van der Waals surface area contributed by atoms with Gasteiger partial charge in [0.25, 0.3) is 0 Å². The van der Waals surface area contributed by atoms with E-state index in [0.717, 1.165) is 24.3 Å². The van der Waals surface area contributed by atoms with Gasteiger partial charge in [-0.05, 0) is 62.4 Å². The molecule has 0 aromatic heterocycles. The van der Waals surface area contributed by atoms with Gasteiger partial charge in [-0.1, -0.05) is 35.4 Å². The van der Waals surface area contributed by atoms with E-state index in [4.69, 9.17) is 0 Å². The highest BCUT2D eigenvalue weighted by Crippen LogP contribution is 2.08. The highest BCUT2D eigenvalue weighted by Gasteiger charge is 2.14. The molecule has 0 spiro atoms. The molecule has 0 amide bonds. The second-order valence-electron chi connectivity index (χ2n) is 5.59. The smallest absolute Gasteiger partial charge is 0.357 e. The maximum absolute atomic E-state index is 12.2. The lowest BCUT2D eigenvalue weighted by Gasteiger charge is -2.04. The summed E-state index contributed by atoms with van der Waals surface area (Å²) in [5, 5.41) is 0. The minimum atomic E-state index is -4.44. The van der Waals surface area contributed by atoms with Gasteiger partial charge in [0, 0.05) is 0 Å². The van der Waals surface area contributed by atoms with Crippen LogP contribution in [0.25, 0.3) is 0 Å². The number of benzene rings is 3. The molecule has 0 atom stereocenters. The molecule has 0 unspecified atom stereocenters. The molecule has 0 aliphatic carbocycles. The lowest BCUT2D eigenvalue weighted by molar-refractivity contribution is -0.597. The van der Waals surface area contributed by atoms with Gasteiger partial charge in [0.2, 0.25) is 0 Å². The lowest BCUT2D eigenvalue weighted by Crippen LogP contribution is -3.61. The number of halogens is 2. The highest BCUT2D eigenvalue weighted by molar-refractivity contribution is 7.85. The largest absolute Gasteiger partial charge is 0.744 e. The monoisotopic (exact) mass is 484 g/mol. The first-order chi connectivity index (χ1) is 12.2. The Balaban J connectivity index is 0.000000197. The summed E-state index contributed by atoms with van der Waals surface area (Å²) in [4.78, 5) is -0.418. The minimum Gasteiger partial charge on any atom is -0.744 e. The fourth-order valence-corrected chi connectivity index (χ4v) is 4.55. The van der Waals surface area contributed by atoms with Crippen LogP contribution < -0.4 is 21.2 Å². The molecule has 0 bridgehead atoms. The van der Waals surface area contributed by atoms with Gasteiger partial charge in [0.15, 0.2) is 7.14 Å². The Hall–Kier alpha value is -1.77. The molecular weight excluding hydrogens is 466 g/mol. The fourth-order valence-electron chi connectivity index (χ4n) is 1.92. The average molecular weight is 484 g/mol. The molecule has 3 aromatic rings. The standard InChI is InChI=1S/C14H14I.C6H5FO3S/c1-11-3-7-13(8-4-11)15-14-9-5-12(2)6-10-14;7-5-1-3-6(4-2-5)11(8,9)10/h3-10H,1-2H3;1-4H,(H,8,9,10)/q+1;/p-1. The van der Waals surface area contributed by atoms with Gasteiger partial charge < -0.3 is 4.55 Å². The first-order valence-corrected chi connectivity index (χ1v) is 11.3. The Morgan fingerprint density at radius 2 is 1.12 bits per heavy atom. The first kappa shape index (κ1) is 20.5. The van der Waals surface area contributed by atoms with Crippen LogP contribution in [0.3, 0.4) is 0 Å². The van der Waals surface area contributed by atoms with E-state index in [1.165, 1.54) is 18.3 Å². The Morgan fingerprint density at radius 1 is 0.731 bits per heavy atom. The van der Waals surface area contributed by atoms with E-state index in [9.17, 15) is 17.4 Å². The Kier molecular flexibility index (Phi) is 7.31. The van der Waals surface area contributed by atoms with Crippen LogP contribution in [0.5, 0.6) is 0 Å². The van der Waals surface area contributed by atoms with Gasteiger partial charge in [0.1, 0.15) is 15.9 Å². The second kappa shape index (κ2) is 9.25. The Bertz CT molecular complexity index is 892. The average Bonchev–Trinajstić information content (AvgIpc) is 2.59. The molecule has 0 heterocycles. The van der Waals surface area contributed by atoms with E-state index in [0.29, 0.717) is 0 Å². The van der Waals surface area contributed by atoms with Gasteiger partial charge in [-0.25, -0.2) is 12.8 Å².